The number of carbonyl (C=O) groups is 2. The van der Waals surface area contributed by atoms with Gasteiger partial charge in [-0.2, -0.15) is 0 Å². The molecule has 1 aliphatic carbocycles. The van der Waals surface area contributed by atoms with E-state index < -0.39 is 0 Å². The molecule has 0 radical (unpaired) electrons. The summed E-state index contributed by atoms with van der Waals surface area (Å²) < 4.78 is 0. The lowest BCUT2D eigenvalue weighted by atomic mass is 9.88. The zero-order valence-corrected chi connectivity index (χ0v) is 15.2. The van der Waals surface area contributed by atoms with Crippen molar-refractivity contribution in [3.63, 3.8) is 0 Å². The van der Waals surface area contributed by atoms with Gasteiger partial charge in [-0.1, -0.05) is 19.3 Å². The van der Waals surface area contributed by atoms with Gasteiger partial charge >= 0.3 is 0 Å². The van der Waals surface area contributed by atoms with E-state index in [0.29, 0.717) is 6.54 Å². The van der Waals surface area contributed by atoms with Crippen LogP contribution in [0.1, 0.15) is 42.5 Å². The first-order valence-corrected chi connectivity index (χ1v) is 9.47. The van der Waals surface area contributed by atoms with E-state index in [1.165, 1.54) is 6.42 Å². The quantitative estimate of drug-likeness (QED) is 0.835. The van der Waals surface area contributed by atoms with E-state index in [4.69, 9.17) is 0 Å². The highest BCUT2D eigenvalue weighted by atomic mass is 16.2. The van der Waals surface area contributed by atoms with Crippen LogP contribution in [0.25, 0.3) is 0 Å². The number of likely N-dealkylation sites (N-methyl/N-ethyl adjacent to an activating group) is 1. The maximum absolute atomic E-state index is 12.4. The molecule has 1 aromatic carbocycles. The van der Waals surface area contributed by atoms with E-state index in [0.717, 1.165) is 63.1 Å². The highest BCUT2D eigenvalue weighted by molar-refractivity contribution is 5.98. The summed E-state index contributed by atoms with van der Waals surface area (Å²) in [5.74, 6) is 0.415. The molecule has 0 unspecified atom stereocenters. The molecular formula is C20H29N3O2. The van der Waals surface area contributed by atoms with Gasteiger partial charge in [0.2, 0.25) is 5.91 Å². The molecule has 25 heavy (non-hydrogen) atoms. The number of Topliss-reactive ketones (excluding diaryl/α,β-unsaturated/α-hetero) is 1. The Morgan fingerprint density at radius 1 is 1.00 bits per heavy atom. The lowest BCUT2D eigenvalue weighted by Crippen LogP contribution is -2.46. The maximum Gasteiger partial charge on any atom is 0.227 e. The zero-order valence-electron chi connectivity index (χ0n) is 15.2. The van der Waals surface area contributed by atoms with Crippen molar-refractivity contribution in [1.29, 1.82) is 0 Å². The van der Waals surface area contributed by atoms with E-state index in [1.54, 1.807) is 0 Å². The topological polar surface area (TPSA) is 52.6 Å². The molecule has 1 amide bonds. The average molecular weight is 343 g/mol. The van der Waals surface area contributed by atoms with Gasteiger partial charge < -0.3 is 10.2 Å². The number of ketones is 1. The van der Waals surface area contributed by atoms with Crippen molar-refractivity contribution in [3.8, 4) is 0 Å². The monoisotopic (exact) mass is 343 g/mol. The Labute approximate surface area is 150 Å². The van der Waals surface area contributed by atoms with Crippen molar-refractivity contribution in [1.82, 2.24) is 9.80 Å². The van der Waals surface area contributed by atoms with Gasteiger partial charge in [-0.05, 0) is 44.2 Å². The largest absolute Gasteiger partial charge is 0.326 e. The number of amides is 1. The van der Waals surface area contributed by atoms with Crippen molar-refractivity contribution in [2.24, 2.45) is 5.92 Å². The molecule has 1 aromatic rings. The van der Waals surface area contributed by atoms with Crippen LogP contribution in [0.15, 0.2) is 24.3 Å². The maximum atomic E-state index is 12.4. The van der Waals surface area contributed by atoms with Crippen LogP contribution < -0.4 is 5.32 Å². The molecule has 1 heterocycles. The normalized spacial score (nSPS) is 20.4. The molecule has 5 heteroatoms. The summed E-state index contributed by atoms with van der Waals surface area (Å²) in [6.45, 7) is 4.38. The first-order valence-electron chi connectivity index (χ1n) is 9.47. The van der Waals surface area contributed by atoms with Crippen LogP contribution in [0.4, 0.5) is 5.69 Å². The number of rotatable bonds is 5. The molecule has 0 spiro atoms. The predicted molar refractivity (Wildman–Crippen MR) is 99.9 cm³/mol. The van der Waals surface area contributed by atoms with Crippen molar-refractivity contribution >= 4 is 17.4 Å². The van der Waals surface area contributed by atoms with Crippen molar-refractivity contribution in [2.75, 3.05) is 45.1 Å². The minimum Gasteiger partial charge on any atom is -0.326 e. The molecular weight excluding hydrogens is 314 g/mol. The van der Waals surface area contributed by atoms with E-state index >= 15 is 0 Å². The molecule has 5 nitrogen and oxygen atoms in total. The number of benzene rings is 1. The molecule has 2 fully saturated rings. The summed E-state index contributed by atoms with van der Waals surface area (Å²) in [6.07, 6.45) is 5.53. The summed E-state index contributed by atoms with van der Waals surface area (Å²) in [6, 6.07) is 7.35. The number of hydrogen-bond acceptors (Lipinski definition) is 4. The van der Waals surface area contributed by atoms with Gasteiger partial charge in [0, 0.05) is 43.3 Å². The van der Waals surface area contributed by atoms with Gasteiger partial charge in [-0.15, -0.1) is 0 Å². The third-order valence-electron chi connectivity index (χ3n) is 5.41. The van der Waals surface area contributed by atoms with Crippen molar-refractivity contribution < 1.29 is 9.59 Å². The lowest BCUT2D eigenvalue weighted by Gasteiger charge is -2.31. The van der Waals surface area contributed by atoms with Crippen LogP contribution in [0.5, 0.6) is 0 Å². The molecule has 3 rings (SSSR count). The number of nitrogens with zero attached hydrogens (tertiary/aromatic N) is 2. The van der Waals surface area contributed by atoms with Gasteiger partial charge in [0.05, 0.1) is 6.54 Å². The van der Waals surface area contributed by atoms with Gasteiger partial charge in [0.25, 0.3) is 0 Å². The third-order valence-corrected chi connectivity index (χ3v) is 5.41. The molecule has 1 saturated heterocycles. The van der Waals surface area contributed by atoms with Crippen LogP contribution in [0.3, 0.4) is 0 Å². The zero-order chi connectivity index (χ0) is 17.6. The molecule has 1 saturated carbocycles. The number of anilines is 1. The van der Waals surface area contributed by atoms with E-state index in [-0.39, 0.29) is 17.6 Å². The van der Waals surface area contributed by atoms with Crippen molar-refractivity contribution in [2.45, 2.75) is 32.1 Å². The predicted octanol–water partition coefficient (Wildman–Crippen LogP) is 2.64. The second kappa shape index (κ2) is 8.59. The minimum atomic E-state index is 0.121. The first kappa shape index (κ1) is 18.1. The van der Waals surface area contributed by atoms with Crippen LogP contribution >= 0.6 is 0 Å². The second-order valence-electron chi connectivity index (χ2n) is 7.40. The molecule has 136 valence electrons. The van der Waals surface area contributed by atoms with Gasteiger partial charge in [0.1, 0.15) is 0 Å². The fraction of sp³-hybridized carbons (Fsp3) is 0.600. The number of nitrogens with one attached hydrogen (secondary N) is 1. The SMILES string of the molecule is CN1CCN(CC(=O)c2ccc(NC(=O)C3CCCCC3)cc2)CC1. The Balaban J connectivity index is 1.51. The molecule has 1 N–H and O–H groups in total. The van der Waals surface area contributed by atoms with Gasteiger partial charge in [0.15, 0.2) is 5.78 Å². The fourth-order valence-corrected chi connectivity index (χ4v) is 3.65. The Morgan fingerprint density at radius 2 is 1.64 bits per heavy atom. The lowest BCUT2D eigenvalue weighted by molar-refractivity contribution is -0.120. The number of carbonyl (C=O) groups excluding carboxylic acids is 2. The van der Waals surface area contributed by atoms with Gasteiger partial charge in [-0.3, -0.25) is 14.5 Å². The Bertz CT molecular complexity index is 585. The Kier molecular flexibility index (Phi) is 6.21. The fourth-order valence-electron chi connectivity index (χ4n) is 3.65. The molecule has 0 aromatic heterocycles. The molecule has 0 bridgehead atoms. The summed E-state index contributed by atoms with van der Waals surface area (Å²) in [4.78, 5) is 29.2. The first-order chi connectivity index (χ1) is 12.1. The van der Waals surface area contributed by atoms with Crippen LogP contribution in [-0.2, 0) is 4.79 Å². The minimum absolute atomic E-state index is 0.121. The highest BCUT2D eigenvalue weighted by Crippen LogP contribution is 2.25. The van der Waals surface area contributed by atoms with E-state index in [1.807, 2.05) is 24.3 Å². The summed E-state index contributed by atoms with van der Waals surface area (Å²) in [5, 5.41) is 3.00. The van der Waals surface area contributed by atoms with Crippen LogP contribution in [-0.4, -0.2) is 61.3 Å². The summed E-state index contributed by atoms with van der Waals surface area (Å²) in [5.41, 5.74) is 1.50. The van der Waals surface area contributed by atoms with Crippen LogP contribution in [0.2, 0.25) is 0 Å². The summed E-state index contributed by atoms with van der Waals surface area (Å²) >= 11 is 0. The second-order valence-corrected chi connectivity index (χ2v) is 7.40. The Hall–Kier alpha value is -1.72. The third kappa shape index (κ3) is 5.13. The molecule has 0 atom stereocenters. The highest BCUT2D eigenvalue weighted by Gasteiger charge is 2.21. The van der Waals surface area contributed by atoms with Crippen molar-refractivity contribution in [3.05, 3.63) is 29.8 Å². The van der Waals surface area contributed by atoms with E-state index in [9.17, 15) is 9.59 Å². The molecule has 2 aliphatic rings. The number of hydrogen-bond donors (Lipinski definition) is 1. The smallest absolute Gasteiger partial charge is 0.227 e. The number of piperazine rings is 1. The Morgan fingerprint density at radius 3 is 2.28 bits per heavy atom. The standard InChI is InChI=1S/C20H29N3O2/c1-22-11-13-23(14-12-22)15-19(24)16-7-9-18(10-8-16)21-20(25)17-5-3-2-4-6-17/h7-10,17H,2-6,11-15H2,1H3,(H,21,25). The summed E-state index contributed by atoms with van der Waals surface area (Å²) in [7, 11) is 2.11. The van der Waals surface area contributed by atoms with Gasteiger partial charge in [-0.25, -0.2) is 0 Å². The van der Waals surface area contributed by atoms with Crippen LogP contribution in [0, 0.1) is 5.92 Å². The van der Waals surface area contributed by atoms with E-state index in [2.05, 4.69) is 22.2 Å². The molecule has 1 aliphatic heterocycles. The average Bonchev–Trinajstić information content (AvgIpc) is 2.65.